The van der Waals surface area contributed by atoms with Crippen LogP contribution in [0, 0.1) is 17.7 Å². The molecule has 3 heterocycles. The Labute approximate surface area is 209 Å². The second kappa shape index (κ2) is 8.75. The van der Waals surface area contributed by atoms with Crippen LogP contribution in [0.25, 0.3) is 0 Å². The Morgan fingerprint density at radius 1 is 1.15 bits per heavy atom. The monoisotopic (exact) mass is 495 g/mol. The van der Waals surface area contributed by atoms with Crippen LogP contribution in [0.5, 0.6) is 5.75 Å². The topological polar surface area (TPSA) is 88.1 Å². The van der Waals surface area contributed by atoms with Gasteiger partial charge in [-0.2, -0.15) is 0 Å². The first-order valence-electron chi connectivity index (χ1n) is 11.4. The van der Waals surface area contributed by atoms with Gasteiger partial charge in [-0.15, -0.1) is 0 Å². The Morgan fingerprint density at radius 2 is 1.91 bits per heavy atom. The fraction of sp³-hybridized carbons (Fsp3) is 0.346. The van der Waals surface area contributed by atoms with E-state index in [1.807, 2.05) is 26.0 Å². The molecule has 1 saturated carbocycles. The number of anilines is 2. The molecule has 0 amide bonds. The average molecular weight is 496 g/mol. The molecule has 2 aliphatic rings. The van der Waals surface area contributed by atoms with Crippen molar-refractivity contribution >= 4 is 40.4 Å². The van der Waals surface area contributed by atoms with Crippen molar-refractivity contribution in [1.29, 1.82) is 5.41 Å². The number of ether oxygens (including phenoxy) is 1. The van der Waals surface area contributed by atoms with Gasteiger partial charge in [0.25, 0.3) is 0 Å². The van der Waals surface area contributed by atoms with Gasteiger partial charge in [-0.25, -0.2) is 4.98 Å². The highest BCUT2D eigenvalue weighted by Gasteiger charge is 2.47. The van der Waals surface area contributed by atoms with Crippen molar-refractivity contribution in [2.24, 2.45) is 5.41 Å². The third kappa shape index (κ3) is 4.10. The van der Waals surface area contributed by atoms with Crippen molar-refractivity contribution < 1.29 is 4.74 Å². The molecule has 1 spiro atoms. The zero-order chi connectivity index (χ0) is 24.0. The molecule has 3 N–H and O–H groups in total. The van der Waals surface area contributed by atoms with E-state index >= 15 is 0 Å². The Morgan fingerprint density at radius 3 is 2.56 bits per heavy atom. The van der Waals surface area contributed by atoms with Crippen molar-refractivity contribution in [2.75, 3.05) is 23.7 Å². The lowest BCUT2D eigenvalue weighted by molar-refractivity contribution is 0.0896. The van der Waals surface area contributed by atoms with Crippen molar-refractivity contribution in [3.05, 3.63) is 75.2 Å². The molecular formula is C26H27Cl2N5O. The van der Waals surface area contributed by atoms with Gasteiger partial charge in [0, 0.05) is 53.3 Å². The molecule has 2 aromatic heterocycles. The average Bonchev–Trinajstić information content (AvgIpc) is 2.76. The zero-order valence-corrected chi connectivity index (χ0v) is 20.7. The minimum atomic E-state index is -0.413. The summed E-state index contributed by atoms with van der Waals surface area (Å²) < 4.78 is 6.14. The third-order valence-corrected chi connectivity index (χ3v) is 7.80. The van der Waals surface area contributed by atoms with E-state index in [0.717, 1.165) is 18.9 Å². The fourth-order valence-electron chi connectivity index (χ4n) is 4.84. The van der Waals surface area contributed by atoms with Crippen molar-refractivity contribution in [1.82, 2.24) is 9.97 Å². The van der Waals surface area contributed by atoms with E-state index in [-0.39, 0.29) is 0 Å². The van der Waals surface area contributed by atoms with E-state index in [1.54, 1.807) is 30.6 Å². The zero-order valence-electron chi connectivity index (χ0n) is 19.2. The molecule has 1 aliphatic carbocycles. The van der Waals surface area contributed by atoms with Gasteiger partial charge in [-0.3, -0.25) is 10.4 Å². The number of rotatable bonds is 6. The number of halogens is 2. The first-order chi connectivity index (χ1) is 16.3. The summed E-state index contributed by atoms with van der Waals surface area (Å²) in [7, 11) is 0. The Hall–Kier alpha value is -2.83. The van der Waals surface area contributed by atoms with Crippen LogP contribution in [-0.2, 0) is 0 Å². The first kappa shape index (κ1) is 22.9. The summed E-state index contributed by atoms with van der Waals surface area (Å²) >= 11 is 12.8. The fourth-order valence-corrected chi connectivity index (χ4v) is 5.48. The number of aryl methyl sites for hydroxylation is 1. The minimum absolute atomic E-state index is 0.296. The molecule has 3 aromatic rings. The molecule has 6 nitrogen and oxygen atoms in total. The van der Waals surface area contributed by atoms with Crippen LogP contribution < -0.4 is 15.4 Å². The van der Waals surface area contributed by atoms with Crippen LogP contribution in [0.1, 0.15) is 54.7 Å². The molecule has 0 radical (unpaired) electrons. The maximum atomic E-state index is 8.75. The smallest absolute Gasteiger partial charge is 0.128 e. The number of benzene rings is 1. The molecule has 0 bridgehead atoms. The van der Waals surface area contributed by atoms with Crippen LogP contribution >= 0.6 is 23.2 Å². The van der Waals surface area contributed by atoms with E-state index in [2.05, 4.69) is 14.9 Å². The van der Waals surface area contributed by atoms with Gasteiger partial charge in [0.2, 0.25) is 0 Å². The highest BCUT2D eigenvalue weighted by atomic mass is 35.5. The molecule has 8 heteroatoms. The van der Waals surface area contributed by atoms with Crippen LogP contribution in [0.15, 0.2) is 42.7 Å². The Kier molecular flexibility index (Phi) is 5.90. The summed E-state index contributed by atoms with van der Waals surface area (Å²) in [5.74, 6) is 1.54. The molecule has 0 unspecified atom stereocenters. The summed E-state index contributed by atoms with van der Waals surface area (Å²) in [5.41, 5.74) is 10.2. The van der Waals surface area contributed by atoms with Gasteiger partial charge in [0.15, 0.2) is 0 Å². The molecule has 1 aliphatic heterocycles. The number of pyridine rings is 2. The second-order valence-electron chi connectivity index (χ2n) is 9.42. The number of hydrogen-bond donors (Lipinski definition) is 2. The second-order valence-corrected chi connectivity index (χ2v) is 10.2. The lowest BCUT2D eigenvalue weighted by Gasteiger charge is -2.56. The highest BCUT2D eigenvalue weighted by Crippen LogP contribution is 2.49. The molecule has 1 saturated heterocycles. The summed E-state index contributed by atoms with van der Waals surface area (Å²) in [6.45, 7) is 5.88. The predicted octanol–water partition coefficient (Wildman–Crippen LogP) is 6.22. The van der Waals surface area contributed by atoms with Crippen LogP contribution in [0.4, 0.5) is 11.5 Å². The van der Waals surface area contributed by atoms with Crippen molar-refractivity contribution in [3.63, 3.8) is 0 Å². The van der Waals surface area contributed by atoms with Crippen molar-refractivity contribution in [3.8, 4) is 5.75 Å². The molecule has 176 valence electrons. The SMILES string of the molecule is Cc1ncc(Cl)c([C@@H](C)Oc2ccc(N)c(C(=N)c3ccc(N4CC5(CCC5)C4)nc3)c2)c1Cl. The van der Waals surface area contributed by atoms with Gasteiger partial charge in [0.05, 0.1) is 21.5 Å². The first-order valence-corrected chi connectivity index (χ1v) is 12.2. The normalized spacial score (nSPS) is 17.1. The number of nitrogens with zero attached hydrogens (tertiary/aromatic N) is 3. The highest BCUT2D eigenvalue weighted by molar-refractivity contribution is 6.36. The molecule has 1 atom stereocenters. The van der Waals surface area contributed by atoms with Crippen molar-refractivity contribution in [2.45, 2.75) is 39.2 Å². The lowest BCUT2D eigenvalue weighted by atomic mass is 9.63. The van der Waals surface area contributed by atoms with E-state index < -0.39 is 6.10 Å². The number of nitrogen functional groups attached to an aromatic ring is 1. The van der Waals surface area contributed by atoms with E-state index in [1.165, 1.54) is 19.3 Å². The molecular weight excluding hydrogens is 469 g/mol. The van der Waals surface area contributed by atoms with E-state index in [0.29, 0.717) is 55.0 Å². The van der Waals surface area contributed by atoms with E-state index in [9.17, 15) is 0 Å². The summed E-state index contributed by atoms with van der Waals surface area (Å²) in [6, 6.07) is 9.22. The van der Waals surface area contributed by atoms with Crippen LogP contribution in [0.2, 0.25) is 10.0 Å². The number of hydrogen-bond acceptors (Lipinski definition) is 6. The van der Waals surface area contributed by atoms with Gasteiger partial charge in [-0.05, 0) is 57.0 Å². The van der Waals surface area contributed by atoms with E-state index in [4.69, 9.17) is 39.1 Å². The van der Waals surface area contributed by atoms with Gasteiger partial charge in [-0.1, -0.05) is 29.6 Å². The summed E-state index contributed by atoms with van der Waals surface area (Å²) in [4.78, 5) is 11.1. The number of nitrogens with one attached hydrogen (secondary N) is 1. The molecule has 1 aromatic carbocycles. The standard InChI is InChI=1S/C26H27Cl2N5O/c1-15-24(28)23(20(27)12-31-15)16(2)34-18-5-6-21(29)19(10-18)25(30)17-4-7-22(32-11-17)33-13-26(14-33)8-3-9-26/h4-7,10-12,16,30H,3,8-9,13-14,29H2,1-2H3/t16-/m1/s1. The number of nitrogens with two attached hydrogens (primary N) is 1. The van der Waals surface area contributed by atoms with Gasteiger partial charge < -0.3 is 15.4 Å². The minimum Gasteiger partial charge on any atom is -0.486 e. The summed E-state index contributed by atoms with van der Waals surface area (Å²) in [5, 5.41) is 9.68. The quantitative estimate of drug-likeness (QED) is 0.313. The van der Waals surface area contributed by atoms with Gasteiger partial charge >= 0.3 is 0 Å². The van der Waals surface area contributed by atoms with Crippen LogP contribution in [-0.4, -0.2) is 28.8 Å². The predicted molar refractivity (Wildman–Crippen MR) is 138 cm³/mol. The lowest BCUT2D eigenvalue weighted by Crippen LogP contribution is -2.60. The molecule has 34 heavy (non-hydrogen) atoms. The largest absolute Gasteiger partial charge is 0.486 e. The summed E-state index contributed by atoms with van der Waals surface area (Å²) in [6.07, 6.45) is 6.93. The Balaban J connectivity index is 1.32. The third-order valence-electron chi connectivity index (χ3n) is 7.02. The molecule has 5 rings (SSSR count). The van der Waals surface area contributed by atoms with Crippen LogP contribution in [0.3, 0.4) is 0 Å². The maximum absolute atomic E-state index is 8.75. The maximum Gasteiger partial charge on any atom is 0.128 e. The number of aromatic nitrogens is 2. The molecule has 2 fully saturated rings. The Bertz CT molecular complexity index is 1250. The van der Waals surface area contributed by atoms with Gasteiger partial charge in [0.1, 0.15) is 17.7 Å².